The highest BCUT2D eigenvalue weighted by Crippen LogP contribution is 2.35. The van der Waals surface area contributed by atoms with Gasteiger partial charge in [-0.2, -0.15) is 0 Å². The van der Waals surface area contributed by atoms with Gasteiger partial charge in [-0.1, -0.05) is 36.4 Å². The van der Waals surface area contributed by atoms with Gasteiger partial charge in [0.1, 0.15) is 0 Å². The van der Waals surface area contributed by atoms with Crippen molar-refractivity contribution >= 4 is 32.6 Å². The highest BCUT2D eigenvalue weighted by molar-refractivity contribution is 6.25. The van der Waals surface area contributed by atoms with Crippen molar-refractivity contribution in [3.05, 3.63) is 54.6 Å². The van der Waals surface area contributed by atoms with Gasteiger partial charge in [-0.05, 0) is 29.0 Å². The van der Waals surface area contributed by atoms with Crippen molar-refractivity contribution in [2.24, 2.45) is 0 Å². The molecule has 1 heterocycles. The van der Waals surface area contributed by atoms with Crippen molar-refractivity contribution in [1.29, 1.82) is 0 Å². The minimum atomic E-state index is 1.09. The molecule has 1 nitrogen and oxygen atoms in total. The van der Waals surface area contributed by atoms with Crippen LogP contribution in [-0.2, 0) is 0 Å². The summed E-state index contributed by atoms with van der Waals surface area (Å²) in [4.78, 5) is 4.68. The summed E-state index contributed by atoms with van der Waals surface area (Å²) in [5.74, 6) is 0. The quantitative estimate of drug-likeness (QED) is 0.421. The molecule has 1 aromatic heterocycles. The Balaban J connectivity index is 2.51. The first-order valence-corrected chi connectivity index (χ1v) is 5.43. The Bertz CT molecular complexity index is 672. The fourth-order valence-corrected chi connectivity index (χ4v) is 2.51. The molecule has 16 heavy (non-hydrogen) atoms. The largest absolute Gasteiger partial charge is 0.248 e. The van der Waals surface area contributed by atoms with Gasteiger partial charge in [0, 0.05) is 10.8 Å². The maximum Gasteiger partial charge on any atom is 0.0722 e. The maximum absolute atomic E-state index is 4.68. The van der Waals surface area contributed by atoms with Gasteiger partial charge >= 0.3 is 0 Å². The van der Waals surface area contributed by atoms with Crippen LogP contribution in [0, 0.1) is 0 Å². The summed E-state index contributed by atoms with van der Waals surface area (Å²) in [5, 5.41) is 5.16. The van der Waals surface area contributed by atoms with Gasteiger partial charge < -0.3 is 0 Å². The molecule has 3 aromatic carbocycles. The summed E-state index contributed by atoms with van der Waals surface area (Å²) in [6.07, 6.45) is 0. The van der Waals surface area contributed by atoms with Crippen LogP contribution in [0.5, 0.6) is 0 Å². The zero-order valence-electron chi connectivity index (χ0n) is 8.64. The van der Waals surface area contributed by atoms with Gasteiger partial charge in [-0.15, -0.1) is 0 Å². The van der Waals surface area contributed by atoms with Crippen LogP contribution in [0.1, 0.15) is 0 Å². The number of hydrogen-bond donors (Lipinski definition) is 0. The van der Waals surface area contributed by atoms with E-state index in [1.54, 1.807) is 0 Å². The fourth-order valence-electron chi connectivity index (χ4n) is 2.51. The molecular weight excluding hydrogens is 194 g/mol. The lowest BCUT2D eigenvalue weighted by molar-refractivity contribution is 1.56. The van der Waals surface area contributed by atoms with E-state index in [0.29, 0.717) is 0 Å². The predicted octanol–water partition coefficient (Wildman–Crippen LogP) is 3.98. The van der Waals surface area contributed by atoms with Crippen LogP contribution < -0.4 is 0 Å². The first-order chi connectivity index (χ1) is 7.93. The Hall–Kier alpha value is -2.15. The average molecular weight is 203 g/mol. The molecule has 0 unspecified atom stereocenters. The minimum Gasteiger partial charge on any atom is -0.248 e. The molecule has 0 spiro atoms. The van der Waals surface area contributed by atoms with Crippen LogP contribution in [0.25, 0.3) is 32.6 Å². The van der Waals surface area contributed by atoms with Crippen molar-refractivity contribution in [3.63, 3.8) is 0 Å². The predicted molar refractivity (Wildman–Crippen MR) is 67.9 cm³/mol. The monoisotopic (exact) mass is 203 g/mol. The maximum atomic E-state index is 4.68. The third-order valence-corrected chi connectivity index (χ3v) is 3.17. The molecule has 1 heteroatoms. The number of hydrogen-bond acceptors (Lipinski definition) is 1. The molecule has 0 atom stereocenters. The summed E-state index contributed by atoms with van der Waals surface area (Å²) in [7, 11) is 0. The summed E-state index contributed by atoms with van der Waals surface area (Å²) >= 11 is 0. The Morgan fingerprint density at radius 2 is 1.12 bits per heavy atom. The van der Waals surface area contributed by atoms with E-state index in [-0.39, 0.29) is 0 Å². The lowest BCUT2D eigenvalue weighted by Gasteiger charge is -1.78. The lowest BCUT2D eigenvalue weighted by atomic mass is 10.2. The summed E-state index contributed by atoms with van der Waals surface area (Å²) in [5.41, 5.74) is 2.19. The van der Waals surface area contributed by atoms with Gasteiger partial charge in [-0.3, -0.25) is 0 Å². The van der Waals surface area contributed by atoms with Crippen LogP contribution in [0.4, 0.5) is 0 Å². The van der Waals surface area contributed by atoms with Gasteiger partial charge in [0.05, 0.1) is 11.0 Å². The zero-order valence-corrected chi connectivity index (χ0v) is 8.64. The van der Waals surface area contributed by atoms with E-state index in [4.69, 9.17) is 0 Å². The van der Waals surface area contributed by atoms with Crippen LogP contribution in [0.2, 0.25) is 0 Å². The van der Waals surface area contributed by atoms with Crippen LogP contribution in [0.3, 0.4) is 0 Å². The number of rotatable bonds is 0. The highest BCUT2D eigenvalue weighted by Gasteiger charge is 2.10. The van der Waals surface area contributed by atoms with E-state index in [1.165, 1.54) is 21.5 Å². The van der Waals surface area contributed by atoms with Gasteiger partial charge in [0.2, 0.25) is 0 Å². The summed E-state index contributed by atoms with van der Waals surface area (Å²) < 4.78 is 0. The van der Waals surface area contributed by atoms with Crippen molar-refractivity contribution in [2.75, 3.05) is 0 Å². The zero-order chi connectivity index (χ0) is 10.5. The fraction of sp³-hybridized carbons (Fsp3) is 0. The van der Waals surface area contributed by atoms with Crippen molar-refractivity contribution in [1.82, 2.24) is 4.98 Å². The molecule has 0 saturated heterocycles. The standard InChI is InChI=1S/C15H9N/c1-3-7-12-14-10(5-1)9-11-6-2-4-8-13(16-12)15(11)14/h1-9H. The number of nitrogens with zero attached hydrogens (tertiary/aromatic N) is 1. The Labute approximate surface area is 92.7 Å². The van der Waals surface area contributed by atoms with Crippen molar-refractivity contribution in [2.45, 2.75) is 0 Å². The van der Waals surface area contributed by atoms with Gasteiger partial charge in [-0.25, -0.2) is 4.98 Å². The van der Waals surface area contributed by atoms with E-state index in [2.05, 4.69) is 59.6 Å². The lowest BCUT2D eigenvalue weighted by Crippen LogP contribution is -1.60. The molecule has 74 valence electrons. The molecule has 0 radical (unpaired) electrons. The van der Waals surface area contributed by atoms with Crippen LogP contribution in [-0.4, -0.2) is 4.98 Å². The first kappa shape index (κ1) is 8.05. The Morgan fingerprint density at radius 3 is 1.69 bits per heavy atom. The van der Waals surface area contributed by atoms with E-state index >= 15 is 0 Å². The number of aromatic nitrogens is 1. The molecule has 0 fully saturated rings. The molecule has 0 amide bonds. The molecular formula is C15H9N. The SMILES string of the molecule is c1ccc2nc3ccccc4cc(c1)c2c43. The highest BCUT2D eigenvalue weighted by atomic mass is 14.7. The molecule has 0 bridgehead atoms. The van der Waals surface area contributed by atoms with E-state index in [0.717, 1.165) is 11.0 Å². The van der Waals surface area contributed by atoms with E-state index in [1.807, 2.05) is 0 Å². The van der Waals surface area contributed by atoms with Crippen molar-refractivity contribution < 1.29 is 0 Å². The Morgan fingerprint density at radius 1 is 0.625 bits per heavy atom. The normalized spacial score (nSPS) is 11.8. The van der Waals surface area contributed by atoms with Gasteiger partial charge in [0.25, 0.3) is 0 Å². The van der Waals surface area contributed by atoms with E-state index in [9.17, 15) is 0 Å². The van der Waals surface area contributed by atoms with Crippen LogP contribution >= 0.6 is 0 Å². The average Bonchev–Trinajstić information content (AvgIpc) is 2.65. The third kappa shape index (κ3) is 0.878. The summed E-state index contributed by atoms with van der Waals surface area (Å²) in [6, 6.07) is 19.0. The van der Waals surface area contributed by atoms with Crippen LogP contribution in [0.15, 0.2) is 54.6 Å². The smallest absolute Gasteiger partial charge is 0.0722 e. The first-order valence-electron chi connectivity index (χ1n) is 5.43. The Kier molecular flexibility index (Phi) is 1.36. The van der Waals surface area contributed by atoms with Crippen molar-refractivity contribution in [3.8, 4) is 0 Å². The van der Waals surface area contributed by atoms with Gasteiger partial charge in [0.15, 0.2) is 0 Å². The third-order valence-electron chi connectivity index (χ3n) is 3.17. The second-order valence-corrected chi connectivity index (χ2v) is 4.12. The second-order valence-electron chi connectivity index (χ2n) is 4.12. The molecule has 0 aliphatic heterocycles. The topological polar surface area (TPSA) is 12.9 Å². The molecule has 0 saturated carbocycles. The minimum absolute atomic E-state index is 1.09. The molecule has 4 rings (SSSR count). The molecule has 0 aliphatic carbocycles. The van der Waals surface area contributed by atoms with E-state index < -0.39 is 0 Å². The molecule has 0 N–H and O–H groups in total. The molecule has 4 aromatic rings. The summed E-state index contributed by atoms with van der Waals surface area (Å²) in [6.45, 7) is 0. The second kappa shape index (κ2) is 2.70. The molecule has 0 aliphatic rings.